The third-order valence-corrected chi connectivity index (χ3v) is 5.54. The Morgan fingerprint density at radius 3 is 2.72 bits per heavy atom. The monoisotopic (exact) mass is 438 g/mol. The number of carbonyl (C=O) groups excluding carboxylic acids is 1. The number of carbonyl (C=O) groups is 1. The number of ether oxygens (including phenoxy) is 2. The van der Waals surface area contributed by atoms with Crippen LogP contribution in [0.5, 0.6) is 5.75 Å². The number of aryl methyl sites for hydroxylation is 2. The van der Waals surface area contributed by atoms with Gasteiger partial charge in [-0.05, 0) is 48.9 Å². The van der Waals surface area contributed by atoms with E-state index in [2.05, 4.69) is 15.3 Å². The Balaban J connectivity index is 1.52. The van der Waals surface area contributed by atoms with Crippen LogP contribution in [0, 0.1) is 12.7 Å². The van der Waals surface area contributed by atoms with Crippen LogP contribution in [0.2, 0.25) is 0 Å². The first kappa shape index (κ1) is 22.0. The predicted octanol–water partition coefficient (Wildman–Crippen LogP) is 3.50. The number of morpholine rings is 1. The zero-order chi connectivity index (χ0) is 22.5. The van der Waals surface area contributed by atoms with E-state index in [1.807, 2.05) is 25.2 Å². The summed E-state index contributed by atoms with van der Waals surface area (Å²) in [4.78, 5) is 14.9. The molecule has 0 bridgehead atoms. The fraction of sp³-hybridized carbons (Fsp3) is 0.333. The SMILES string of the molecule is Cc1ccc(C(=O)Nc2ccc(OCCN3CCOCC3)c(-c3ccnn3C)c2)cc1F. The van der Waals surface area contributed by atoms with Crippen LogP contribution in [0.4, 0.5) is 10.1 Å². The van der Waals surface area contributed by atoms with E-state index >= 15 is 0 Å². The van der Waals surface area contributed by atoms with Crippen LogP contribution in [0.3, 0.4) is 0 Å². The molecule has 2 aromatic carbocycles. The zero-order valence-corrected chi connectivity index (χ0v) is 18.3. The quantitative estimate of drug-likeness (QED) is 0.612. The van der Waals surface area contributed by atoms with Gasteiger partial charge in [0.15, 0.2) is 0 Å². The lowest BCUT2D eigenvalue weighted by Crippen LogP contribution is -2.38. The molecule has 168 valence electrons. The minimum atomic E-state index is -0.405. The molecule has 7 nitrogen and oxygen atoms in total. The third-order valence-electron chi connectivity index (χ3n) is 5.54. The molecule has 1 aliphatic rings. The highest BCUT2D eigenvalue weighted by atomic mass is 19.1. The van der Waals surface area contributed by atoms with Gasteiger partial charge in [-0.3, -0.25) is 14.4 Å². The lowest BCUT2D eigenvalue weighted by Gasteiger charge is -2.26. The highest BCUT2D eigenvalue weighted by Crippen LogP contribution is 2.32. The number of nitrogens with one attached hydrogen (secondary N) is 1. The molecule has 2 heterocycles. The Labute approximate surface area is 186 Å². The Morgan fingerprint density at radius 2 is 2.00 bits per heavy atom. The summed E-state index contributed by atoms with van der Waals surface area (Å²) in [5.41, 5.74) is 3.04. The van der Waals surface area contributed by atoms with Gasteiger partial charge in [0, 0.05) is 49.7 Å². The molecule has 8 heteroatoms. The molecule has 0 spiro atoms. The maximum atomic E-state index is 13.9. The zero-order valence-electron chi connectivity index (χ0n) is 18.3. The van der Waals surface area contributed by atoms with E-state index in [4.69, 9.17) is 9.47 Å². The van der Waals surface area contributed by atoms with Crippen molar-refractivity contribution in [3.63, 3.8) is 0 Å². The number of aromatic nitrogens is 2. The van der Waals surface area contributed by atoms with Crippen LogP contribution in [0.15, 0.2) is 48.7 Å². The van der Waals surface area contributed by atoms with E-state index in [1.165, 1.54) is 6.07 Å². The Bertz CT molecular complexity index is 1090. The van der Waals surface area contributed by atoms with Crippen LogP contribution in [-0.4, -0.2) is 60.0 Å². The summed E-state index contributed by atoms with van der Waals surface area (Å²) in [5.74, 6) is -0.0701. The van der Waals surface area contributed by atoms with Crippen molar-refractivity contribution in [3.8, 4) is 17.0 Å². The molecule has 0 aliphatic carbocycles. The topological polar surface area (TPSA) is 68.6 Å². The Kier molecular flexibility index (Phi) is 6.82. The van der Waals surface area contributed by atoms with Crippen LogP contribution >= 0.6 is 0 Å². The molecule has 1 amide bonds. The fourth-order valence-corrected chi connectivity index (χ4v) is 3.62. The van der Waals surface area contributed by atoms with E-state index in [0.717, 1.165) is 44.1 Å². The summed E-state index contributed by atoms with van der Waals surface area (Å²) in [7, 11) is 1.85. The van der Waals surface area contributed by atoms with E-state index in [0.29, 0.717) is 23.6 Å². The molecular formula is C24H27FN4O3. The second-order valence-electron chi connectivity index (χ2n) is 7.77. The van der Waals surface area contributed by atoms with Crippen molar-refractivity contribution < 1.29 is 18.7 Å². The van der Waals surface area contributed by atoms with E-state index in [-0.39, 0.29) is 11.5 Å². The average molecular weight is 439 g/mol. The van der Waals surface area contributed by atoms with Crippen molar-refractivity contribution in [2.45, 2.75) is 6.92 Å². The van der Waals surface area contributed by atoms with Gasteiger partial charge in [0.2, 0.25) is 0 Å². The summed E-state index contributed by atoms with van der Waals surface area (Å²) < 4.78 is 27.1. The number of anilines is 1. The lowest BCUT2D eigenvalue weighted by molar-refractivity contribution is 0.0323. The molecule has 3 aromatic rings. The van der Waals surface area contributed by atoms with Crippen molar-refractivity contribution >= 4 is 11.6 Å². The molecule has 1 fully saturated rings. The Morgan fingerprint density at radius 1 is 1.19 bits per heavy atom. The standard InChI is InChI=1S/C24H27FN4O3/c1-17-3-4-18(15-21(17)25)24(30)27-19-5-6-23(20(16-19)22-7-8-26-28(22)2)32-14-11-29-9-12-31-13-10-29/h3-8,15-16H,9-14H2,1-2H3,(H,27,30). The van der Waals surface area contributed by atoms with Gasteiger partial charge in [-0.2, -0.15) is 5.10 Å². The van der Waals surface area contributed by atoms with Crippen molar-refractivity contribution in [3.05, 3.63) is 65.6 Å². The van der Waals surface area contributed by atoms with Gasteiger partial charge in [-0.25, -0.2) is 4.39 Å². The minimum Gasteiger partial charge on any atom is -0.492 e. The number of hydrogen-bond acceptors (Lipinski definition) is 5. The summed E-state index contributed by atoms with van der Waals surface area (Å²) in [5, 5.41) is 7.10. The number of nitrogens with zero attached hydrogens (tertiary/aromatic N) is 3. The number of amides is 1. The third kappa shape index (κ3) is 5.15. The molecule has 0 unspecified atom stereocenters. The van der Waals surface area contributed by atoms with Gasteiger partial charge in [-0.1, -0.05) is 6.07 Å². The smallest absolute Gasteiger partial charge is 0.255 e. The number of hydrogen-bond donors (Lipinski definition) is 1. The molecule has 1 N–H and O–H groups in total. The molecular weight excluding hydrogens is 411 g/mol. The lowest BCUT2D eigenvalue weighted by atomic mass is 10.1. The van der Waals surface area contributed by atoms with Crippen molar-refractivity contribution in [2.24, 2.45) is 7.05 Å². The Hall–Kier alpha value is -3.23. The molecule has 0 radical (unpaired) electrons. The van der Waals surface area contributed by atoms with Gasteiger partial charge in [-0.15, -0.1) is 0 Å². The highest BCUT2D eigenvalue weighted by molar-refractivity contribution is 6.04. The first-order chi connectivity index (χ1) is 15.5. The molecule has 32 heavy (non-hydrogen) atoms. The summed E-state index contributed by atoms with van der Waals surface area (Å²) >= 11 is 0. The van der Waals surface area contributed by atoms with Gasteiger partial charge < -0.3 is 14.8 Å². The van der Waals surface area contributed by atoms with Crippen molar-refractivity contribution in [1.29, 1.82) is 0 Å². The second kappa shape index (κ2) is 9.93. The van der Waals surface area contributed by atoms with E-state index in [1.54, 1.807) is 36.0 Å². The van der Waals surface area contributed by atoms with Crippen molar-refractivity contribution in [1.82, 2.24) is 14.7 Å². The first-order valence-electron chi connectivity index (χ1n) is 10.6. The average Bonchev–Trinajstić information content (AvgIpc) is 3.23. The molecule has 0 atom stereocenters. The largest absolute Gasteiger partial charge is 0.492 e. The maximum Gasteiger partial charge on any atom is 0.255 e. The predicted molar refractivity (Wildman–Crippen MR) is 120 cm³/mol. The summed E-state index contributed by atoms with van der Waals surface area (Å²) in [6, 6.07) is 11.8. The van der Waals surface area contributed by atoms with Gasteiger partial charge in [0.25, 0.3) is 5.91 Å². The molecule has 1 saturated heterocycles. The summed E-state index contributed by atoms with van der Waals surface area (Å²) in [6.07, 6.45) is 1.72. The number of halogens is 1. The maximum absolute atomic E-state index is 13.9. The van der Waals surface area contributed by atoms with Gasteiger partial charge >= 0.3 is 0 Å². The van der Waals surface area contributed by atoms with Gasteiger partial charge in [0.1, 0.15) is 18.2 Å². The molecule has 0 saturated carbocycles. The molecule has 1 aliphatic heterocycles. The van der Waals surface area contributed by atoms with Crippen LogP contribution in [0.1, 0.15) is 15.9 Å². The minimum absolute atomic E-state index is 0.265. The van der Waals surface area contributed by atoms with Crippen LogP contribution < -0.4 is 10.1 Å². The van der Waals surface area contributed by atoms with Gasteiger partial charge in [0.05, 0.1) is 18.9 Å². The van der Waals surface area contributed by atoms with E-state index in [9.17, 15) is 9.18 Å². The summed E-state index contributed by atoms with van der Waals surface area (Å²) in [6.45, 7) is 6.32. The van der Waals surface area contributed by atoms with Crippen LogP contribution in [-0.2, 0) is 11.8 Å². The number of benzene rings is 2. The van der Waals surface area contributed by atoms with E-state index < -0.39 is 5.82 Å². The normalized spacial score (nSPS) is 14.3. The van der Waals surface area contributed by atoms with Crippen molar-refractivity contribution in [2.75, 3.05) is 44.8 Å². The highest BCUT2D eigenvalue weighted by Gasteiger charge is 2.15. The van der Waals surface area contributed by atoms with Crippen LogP contribution in [0.25, 0.3) is 11.3 Å². The first-order valence-corrected chi connectivity index (χ1v) is 10.6. The fourth-order valence-electron chi connectivity index (χ4n) is 3.62. The molecule has 1 aromatic heterocycles. The molecule has 4 rings (SSSR count). The second-order valence-corrected chi connectivity index (χ2v) is 7.77. The number of rotatable bonds is 7.